The monoisotopic (exact) mass is 736 g/mol. The van der Waals surface area contributed by atoms with Gasteiger partial charge < -0.3 is 20.3 Å². The van der Waals surface area contributed by atoms with E-state index >= 15 is 0 Å². The molecule has 276 valence electrons. The molecule has 0 bridgehead atoms. The summed E-state index contributed by atoms with van der Waals surface area (Å²) in [5, 5.41) is 9.08. The van der Waals surface area contributed by atoms with Crippen LogP contribution in [0.15, 0.2) is 42.6 Å². The Morgan fingerprint density at radius 2 is 1.90 bits per heavy atom. The number of hydrogen-bond acceptors (Lipinski definition) is 10. The van der Waals surface area contributed by atoms with Crippen molar-refractivity contribution in [2.24, 2.45) is 13.0 Å². The van der Waals surface area contributed by atoms with Gasteiger partial charge in [0.1, 0.15) is 40.6 Å². The molecule has 4 amide bonds. The Hall–Kier alpha value is -4.93. The van der Waals surface area contributed by atoms with Crippen LogP contribution in [-0.2, 0) is 31.5 Å². The van der Waals surface area contributed by atoms with Crippen LogP contribution < -0.4 is 20.1 Å². The Labute approximate surface area is 299 Å². The van der Waals surface area contributed by atoms with Gasteiger partial charge in [-0.05, 0) is 63.6 Å². The number of sulfonamides is 1. The normalized spacial score (nSPS) is 26.8. The maximum absolute atomic E-state index is 14.7. The third kappa shape index (κ3) is 7.10. The van der Waals surface area contributed by atoms with Gasteiger partial charge in [0.25, 0.3) is 11.8 Å². The number of aromatic nitrogens is 4. The van der Waals surface area contributed by atoms with Crippen molar-refractivity contribution in [1.29, 1.82) is 0 Å². The van der Waals surface area contributed by atoms with E-state index in [2.05, 4.69) is 30.4 Å². The zero-order valence-electron chi connectivity index (χ0n) is 28.9. The summed E-state index contributed by atoms with van der Waals surface area (Å²) in [6.45, 7) is 1.56. The lowest BCUT2D eigenvalue weighted by Crippen LogP contribution is -2.58. The van der Waals surface area contributed by atoms with E-state index in [0.29, 0.717) is 43.3 Å². The third-order valence-electron chi connectivity index (χ3n) is 10.3. The number of aryl methyl sites for hydroxylation is 2. The Morgan fingerprint density at radius 1 is 1.10 bits per heavy atom. The molecule has 15 nitrogen and oxygen atoms in total. The zero-order valence-corrected chi connectivity index (χ0v) is 29.7. The zero-order chi connectivity index (χ0) is 36.8. The molecule has 17 heteroatoms. The molecule has 5 atom stereocenters. The molecule has 0 spiro atoms. The first kappa shape index (κ1) is 35.5. The second-order valence-electron chi connectivity index (χ2n) is 14.1. The highest BCUT2D eigenvalue weighted by atomic mass is 32.2. The van der Waals surface area contributed by atoms with Crippen molar-refractivity contribution < 1.29 is 36.7 Å². The van der Waals surface area contributed by atoms with Crippen molar-refractivity contribution >= 4 is 44.7 Å². The van der Waals surface area contributed by atoms with Crippen molar-refractivity contribution in [1.82, 2.24) is 40.0 Å². The fraction of sp³-hybridized carbons (Fsp3) is 0.514. The minimum absolute atomic E-state index is 0.00429. The molecule has 0 radical (unpaired) electrons. The average Bonchev–Trinajstić information content (AvgIpc) is 3.99. The number of fused-ring (bicyclic) bond motifs is 3. The molecule has 3 fully saturated rings. The number of nitrogens with one attached hydrogen (secondary N) is 3. The van der Waals surface area contributed by atoms with Crippen LogP contribution in [0.4, 0.5) is 4.39 Å². The van der Waals surface area contributed by atoms with Crippen LogP contribution in [0.25, 0.3) is 11.0 Å². The van der Waals surface area contributed by atoms with Crippen LogP contribution >= 0.6 is 0 Å². The number of carbonyl (C=O) groups is 4. The minimum Gasteiger partial charge on any atom is -0.471 e. The summed E-state index contributed by atoms with van der Waals surface area (Å²) in [7, 11) is -2.30. The molecule has 1 aromatic carbocycles. The molecule has 2 aliphatic carbocycles. The third-order valence-corrected chi connectivity index (χ3v) is 12.1. The summed E-state index contributed by atoms with van der Waals surface area (Å²) >= 11 is 0. The lowest BCUT2D eigenvalue weighted by Gasteiger charge is -2.30. The van der Waals surface area contributed by atoms with Gasteiger partial charge in [0, 0.05) is 25.6 Å². The number of hydrogen-bond donors (Lipinski definition) is 3. The van der Waals surface area contributed by atoms with E-state index in [1.54, 1.807) is 20.0 Å². The minimum atomic E-state index is -3.91. The standard InChI is InChI=1S/C35H41FN8O7S/c1-20-32(40-29-24(36)10-8-12-25(29)38-20)51-22-17-28-31(46)41-35(34(48)42-52(49,50)23-13-14-23)18-21(35)9-6-4-3-5-7-11-26(33(47)44(28)19-22)39-30(45)27-15-16-37-43(27)2/h6,8-10,12,15-16,21-23,26,28H,3-5,7,11,13-14,17-19H2,1-2H3,(H,39,45)(H,41,46)(H,42,48)/t21-,22-,26+,28+,35-/m1/s1. The van der Waals surface area contributed by atoms with Crippen LogP contribution in [0.1, 0.15) is 74.0 Å². The largest absolute Gasteiger partial charge is 0.471 e. The number of benzene rings is 1. The number of carbonyl (C=O) groups excluding carboxylic acids is 4. The topological polar surface area (TPSA) is 195 Å². The van der Waals surface area contributed by atoms with Gasteiger partial charge in [-0.2, -0.15) is 5.10 Å². The van der Waals surface area contributed by atoms with E-state index in [9.17, 15) is 32.0 Å². The number of allylic oxidation sites excluding steroid dienone is 1. The molecular weight excluding hydrogens is 695 g/mol. The van der Waals surface area contributed by atoms with Crippen LogP contribution in [0.2, 0.25) is 0 Å². The Morgan fingerprint density at radius 3 is 2.65 bits per heavy atom. The Bertz CT molecular complexity index is 2070. The first-order valence-corrected chi connectivity index (χ1v) is 19.1. The van der Waals surface area contributed by atoms with Crippen LogP contribution in [0.5, 0.6) is 5.88 Å². The van der Waals surface area contributed by atoms with E-state index in [1.165, 1.54) is 34.0 Å². The van der Waals surface area contributed by atoms with E-state index in [1.807, 2.05) is 12.2 Å². The van der Waals surface area contributed by atoms with Gasteiger partial charge in [0.05, 0.1) is 17.3 Å². The van der Waals surface area contributed by atoms with Gasteiger partial charge in [-0.1, -0.05) is 31.1 Å². The predicted molar refractivity (Wildman–Crippen MR) is 185 cm³/mol. The molecule has 52 heavy (non-hydrogen) atoms. The maximum Gasteiger partial charge on any atom is 0.270 e. The molecular formula is C35H41FN8O7S. The quantitative estimate of drug-likeness (QED) is 0.302. The van der Waals surface area contributed by atoms with Gasteiger partial charge in [-0.15, -0.1) is 0 Å². The van der Waals surface area contributed by atoms with E-state index in [0.717, 1.165) is 12.8 Å². The highest BCUT2D eigenvalue weighted by Crippen LogP contribution is 2.46. The second kappa shape index (κ2) is 13.9. The second-order valence-corrected chi connectivity index (χ2v) is 16.0. The first-order chi connectivity index (χ1) is 24.9. The summed E-state index contributed by atoms with van der Waals surface area (Å²) in [6, 6.07) is 3.76. The summed E-state index contributed by atoms with van der Waals surface area (Å²) in [5.74, 6) is -3.53. The molecule has 4 heterocycles. The molecule has 3 aromatic rings. The maximum atomic E-state index is 14.7. The molecule has 1 saturated heterocycles. The lowest BCUT2D eigenvalue weighted by molar-refractivity contribution is -0.141. The van der Waals surface area contributed by atoms with Crippen LogP contribution in [-0.4, -0.2) is 92.2 Å². The van der Waals surface area contributed by atoms with Crippen molar-refractivity contribution in [2.75, 3.05) is 6.54 Å². The molecule has 4 aliphatic rings. The fourth-order valence-corrected chi connectivity index (χ4v) is 8.43. The summed E-state index contributed by atoms with van der Waals surface area (Å²) in [6.07, 6.45) is 8.59. The summed E-state index contributed by atoms with van der Waals surface area (Å²) in [4.78, 5) is 65.9. The highest BCUT2D eigenvalue weighted by molar-refractivity contribution is 7.91. The number of halogens is 1. The van der Waals surface area contributed by atoms with Crippen molar-refractivity contribution in [2.45, 2.75) is 93.7 Å². The lowest BCUT2D eigenvalue weighted by atomic mass is 10.0. The van der Waals surface area contributed by atoms with E-state index in [4.69, 9.17) is 4.74 Å². The van der Waals surface area contributed by atoms with Gasteiger partial charge in [0.2, 0.25) is 27.7 Å². The van der Waals surface area contributed by atoms with Gasteiger partial charge in [-0.3, -0.25) is 28.6 Å². The molecule has 2 aliphatic heterocycles. The fourth-order valence-electron chi connectivity index (χ4n) is 7.06. The Balaban J connectivity index is 1.20. The van der Waals surface area contributed by atoms with Crippen LogP contribution in [0, 0.1) is 18.7 Å². The predicted octanol–water partition coefficient (Wildman–Crippen LogP) is 1.96. The van der Waals surface area contributed by atoms with Gasteiger partial charge >= 0.3 is 0 Å². The van der Waals surface area contributed by atoms with Crippen molar-refractivity contribution in [3.05, 3.63) is 59.8 Å². The van der Waals surface area contributed by atoms with Crippen molar-refractivity contribution in [3.63, 3.8) is 0 Å². The Kier molecular flexibility index (Phi) is 9.48. The van der Waals surface area contributed by atoms with E-state index in [-0.39, 0.29) is 36.5 Å². The number of amides is 4. The average molecular weight is 737 g/mol. The molecule has 2 saturated carbocycles. The SMILES string of the molecule is Cc1nc2cccc(F)c2nc1O[C@@H]1C[C@H]2C(=O)N[C@]3(C(=O)NS(=O)(=O)C4CC4)C[C@H]3C=CCCCCC[C@H](NC(=O)c3ccnn3C)C(=O)N2C1. The molecule has 3 N–H and O–H groups in total. The van der Waals surface area contributed by atoms with Crippen molar-refractivity contribution in [3.8, 4) is 5.88 Å². The first-order valence-electron chi connectivity index (χ1n) is 17.6. The summed E-state index contributed by atoms with van der Waals surface area (Å²) in [5.41, 5.74) is -0.568. The van der Waals surface area contributed by atoms with E-state index < -0.39 is 74.4 Å². The molecule has 2 aromatic heterocycles. The molecule has 0 unspecified atom stereocenters. The number of ether oxygens (including phenoxy) is 1. The van der Waals surface area contributed by atoms with Gasteiger partial charge in [-0.25, -0.2) is 22.8 Å². The number of nitrogens with zero attached hydrogens (tertiary/aromatic N) is 5. The number of para-hydroxylation sites is 1. The highest BCUT2D eigenvalue weighted by Gasteiger charge is 2.62. The smallest absolute Gasteiger partial charge is 0.270 e. The van der Waals surface area contributed by atoms with Crippen LogP contribution in [0.3, 0.4) is 0 Å². The summed E-state index contributed by atoms with van der Waals surface area (Å²) < 4.78 is 50.0. The molecule has 7 rings (SSSR count). The van der Waals surface area contributed by atoms with Gasteiger partial charge in [0.15, 0.2) is 5.82 Å². The number of rotatable bonds is 7.